The van der Waals surface area contributed by atoms with Crippen molar-refractivity contribution in [2.75, 3.05) is 0 Å². The zero-order valence-electron chi connectivity index (χ0n) is 9.26. The van der Waals surface area contributed by atoms with Gasteiger partial charge in [-0.05, 0) is 22.6 Å². The van der Waals surface area contributed by atoms with E-state index in [9.17, 15) is 0 Å². The van der Waals surface area contributed by atoms with Crippen LogP contribution in [0.15, 0.2) is 36.7 Å². The van der Waals surface area contributed by atoms with Crippen LogP contribution in [0.25, 0.3) is 5.69 Å². The van der Waals surface area contributed by atoms with Crippen molar-refractivity contribution in [3.05, 3.63) is 42.5 Å². The van der Waals surface area contributed by atoms with E-state index < -0.39 is 0 Å². The van der Waals surface area contributed by atoms with Gasteiger partial charge in [-0.2, -0.15) is 0 Å². The van der Waals surface area contributed by atoms with Crippen LogP contribution >= 0.6 is 0 Å². The Bertz CT molecular complexity index is 605. The van der Waals surface area contributed by atoms with E-state index >= 15 is 0 Å². The fourth-order valence-corrected chi connectivity index (χ4v) is 1.49. The molecule has 90 valence electrons. The van der Waals surface area contributed by atoms with Crippen LogP contribution in [-0.2, 0) is 6.61 Å². The highest BCUT2D eigenvalue weighted by Crippen LogP contribution is 2.21. The topological polar surface area (TPSA) is 94.4 Å². The predicted molar refractivity (Wildman–Crippen MR) is 59.9 cm³/mol. The van der Waals surface area contributed by atoms with Crippen LogP contribution in [0.1, 0.15) is 5.82 Å². The molecule has 0 amide bonds. The summed E-state index contributed by atoms with van der Waals surface area (Å²) in [6.45, 7) is 0.263. The molecule has 3 rings (SSSR count). The van der Waals surface area contributed by atoms with Crippen LogP contribution in [-0.4, -0.2) is 35.6 Å². The number of aromatic nitrogens is 7. The number of hydrogen-bond donors (Lipinski definition) is 1. The van der Waals surface area contributed by atoms with E-state index in [1.807, 2.05) is 24.3 Å². The maximum atomic E-state index is 5.64. The lowest BCUT2D eigenvalue weighted by atomic mass is 10.3. The molecule has 0 atom stereocenters. The average Bonchev–Trinajstić information content (AvgIpc) is 3.10. The molecule has 2 aromatic heterocycles. The van der Waals surface area contributed by atoms with Gasteiger partial charge >= 0.3 is 0 Å². The number of ether oxygens (including phenoxy) is 1. The zero-order chi connectivity index (χ0) is 12.2. The van der Waals surface area contributed by atoms with E-state index in [1.165, 1.54) is 0 Å². The van der Waals surface area contributed by atoms with Crippen LogP contribution in [0.4, 0.5) is 0 Å². The number of para-hydroxylation sites is 2. The Morgan fingerprint density at radius 2 is 2.22 bits per heavy atom. The lowest BCUT2D eigenvalue weighted by Gasteiger charge is -2.09. The molecule has 0 bridgehead atoms. The number of rotatable bonds is 4. The number of benzene rings is 1. The summed E-state index contributed by atoms with van der Waals surface area (Å²) in [5.41, 5.74) is 0.808. The van der Waals surface area contributed by atoms with Crippen molar-refractivity contribution >= 4 is 0 Å². The van der Waals surface area contributed by atoms with E-state index in [2.05, 4.69) is 30.9 Å². The molecule has 0 radical (unpaired) electrons. The molecule has 0 aliphatic carbocycles. The number of nitrogens with zero attached hydrogens (tertiary/aromatic N) is 6. The Morgan fingerprint density at radius 3 is 3.00 bits per heavy atom. The minimum Gasteiger partial charge on any atom is -0.483 e. The second kappa shape index (κ2) is 4.62. The minimum absolute atomic E-state index is 0.263. The van der Waals surface area contributed by atoms with Gasteiger partial charge in [-0.1, -0.05) is 17.3 Å². The molecule has 2 heterocycles. The van der Waals surface area contributed by atoms with Crippen LogP contribution in [0.2, 0.25) is 0 Å². The van der Waals surface area contributed by atoms with Gasteiger partial charge in [0, 0.05) is 0 Å². The smallest absolute Gasteiger partial charge is 0.186 e. The van der Waals surface area contributed by atoms with Crippen molar-refractivity contribution in [2.45, 2.75) is 6.61 Å². The van der Waals surface area contributed by atoms with Crippen molar-refractivity contribution < 1.29 is 4.74 Å². The first kappa shape index (κ1) is 10.4. The molecular formula is C10H9N7O. The van der Waals surface area contributed by atoms with Crippen molar-refractivity contribution in [1.29, 1.82) is 0 Å². The van der Waals surface area contributed by atoms with Crippen LogP contribution in [0.3, 0.4) is 0 Å². The second-order valence-electron chi connectivity index (χ2n) is 3.45. The summed E-state index contributed by atoms with van der Waals surface area (Å²) >= 11 is 0. The molecule has 3 aromatic rings. The maximum Gasteiger partial charge on any atom is 0.186 e. The third-order valence-corrected chi connectivity index (χ3v) is 2.29. The SMILES string of the molecule is c1ccc(-n2ccnn2)c(OCc2nnn[nH]2)c1. The molecule has 1 aromatic carbocycles. The van der Waals surface area contributed by atoms with Gasteiger partial charge in [0.25, 0.3) is 0 Å². The molecule has 8 nitrogen and oxygen atoms in total. The lowest BCUT2D eigenvalue weighted by molar-refractivity contribution is 0.294. The van der Waals surface area contributed by atoms with Gasteiger partial charge in [0.1, 0.15) is 18.0 Å². The maximum absolute atomic E-state index is 5.64. The molecule has 0 fully saturated rings. The highest BCUT2D eigenvalue weighted by atomic mass is 16.5. The van der Waals surface area contributed by atoms with Gasteiger partial charge in [0.2, 0.25) is 0 Å². The number of H-pyrrole nitrogens is 1. The highest BCUT2D eigenvalue weighted by Gasteiger charge is 2.07. The number of nitrogens with one attached hydrogen (secondary N) is 1. The molecule has 8 heteroatoms. The third kappa shape index (κ3) is 2.03. The molecule has 0 unspecified atom stereocenters. The summed E-state index contributed by atoms with van der Waals surface area (Å²) in [4.78, 5) is 0. The largest absolute Gasteiger partial charge is 0.483 e. The third-order valence-electron chi connectivity index (χ3n) is 2.29. The van der Waals surface area contributed by atoms with Crippen molar-refractivity contribution in [3.8, 4) is 11.4 Å². The van der Waals surface area contributed by atoms with Crippen molar-refractivity contribution in [3.63, 3.8) is 0 Å². The first-order chi connectivity index (χ1) is 8.93. The van der Waals surface area contributed by atoms with Crippen molar-refractivity contribution in [1.82, 2.24) is 35.6 Å². The molecule has 0 saturated heterocycles. The van der Waals surface area contributed by atoms with Crippen LogP contribution < -0.4 is 4.74 Å². The first-order valence-corrected chi connectivity index (χ1v) is 5.24. The van der Waals surface area contributed by atoms with E-state index in [-0.39, 0.29) is 6.61 Å². The van der Waals surface area contributed by atoms with Gasteiger partial charge in [0.05, 0.1) is 12.4 Å². The fourth-order valence-electron chi connectivity index (χ4n) is 1.49. The lowest BCUT2D eigenvalue weighted by Crippen LogP contribution is -2.03. The van der Waals surface area contributed by atoms with Gasteiger partial charge in [-0.3, -0.25) is 0 Å². The predicted octanol–water partition coefficient (Wildman–Crippen LogP) is 0.359. The summed E-state index contributed by atoms with van der Waals surface area (Å²) < 4.78 is 7.28. The van der Waals surface area contributed by atoms with E-state index in [4.69, 9.17) is 4.74 Å². The summed E-state index contributed by atoms with van der Waals surface area (Å²) in [6, 6.07) is 7.53. The number of aromatic amines is 1. The number of hydrogen-bond acceptors (Lipinski definition) is 6. The molecule has 0 saturated carbocycles. The van der Waals surface area contributed by atoms with E-state index in [0.717, 1.165) is 5.69 Å². The molecule has 0 spiro atoms. The number of tetrazole rings is 1. The van der Waals surface area contributed by atoms with Crippen LogP contribution in [0.5, 0.6) is 5.75 Å². The quantitative estimate of drug-likeness (QED) is 0.711. The van der Waals surface area contributed by atoms with Gasteiger partial charge < -0.3 is 4.74 Å². The summed E-state index contributed by atoms with van der Waals surface area (Å²) in [7, 11) is 0. The molecule has 1 N–H and O–H groups in total. The standard InChI is InChI=1S/C10H9N7O/c1-2-4-9(18-7-10-12-14-15-13-10)8(3-1)17-6-5-11-16-17/h1-6H,7H2,(H,12,13,14,15). The molecule has 0 aliphatic heterocycles. The Kier molecular flexibility index (Phi) is 2.66. The first-order valence-electron chi connectivity index (χ1n) is 5.24. The molecule has 0 aliphatic rings. The van der Waals surface area contributed by atoms with Crippen molar-refractivity contribution in [2.24, 2.45) is 0 Å². The molecule has 18 heavy (non-hydrogen) atoms. The van der Waals surface area contributed by atoms with E-state index in [0.29, 0.717) is 11.6 Å². The fraction of sp³-hybridized carbons (Fsp3) is 0.100. The van der Waals surface area contributed by atoms with Crippen LogP contribution in [0, 0.1) is 0 Å². The highest BCUT2D eigenvalue weighted by molar-refractivity contribution is 5.45. The summed E-state index contributed by atoms with van der Waals surface area (Å²) in [5, 5.41) is 21.0. The molecular weight excluding hydrogens is 234 g/mol. The zero-order valence-corrected chi connectivity index (χ0v) is 9.26. The van der Waals surface area contributed by atoms with Gasteiger partial charge in [-0.25, -0.2) is 9.78 Å². The second-order valence-corrected chi connectivity index (χ2v) is 3.45. The van der Waals surface area contributed by atoms with Gasteiger partial charge in [0.15, 0.2) is 5.82 Å². The van der Waals surface area contributed by atoms with E-state index in [1.54, 1.807) is 17.1 Å². The minimum atomic E-state index is 0.263. The average molecular weight is 243 g/mol. The van der Waals surface area contributed by atoms with Gasteiger partial charge in [-0.15, -0.1) is 10.2 Å². The monoisotopic (exact) mass is 243 g/mol. The Labute approximate surface area is 102 Å². The Morgan fingerprint density at radius 1 is 1.28 bits per heavy atom. The summed E-state index contributed by atoms with van der Waals surface area (Å²) in [6.07, 6.45) is 3.36. The Hall–Kier alpha value is -2.77. The normalized spacial score (nSPS) is 10.4. The Balaban J connectivity index is 1.84. The summed E-state index contributed by atoms with van der Waals surface area (Å²) in [5.74, 6) is 1.24.